The van der Waals surface area contributed by atoms with Gasteiger partial charge in [0.05, 0.1) is 31.2 Å². The second-order valence-electron chi connectivity index (χ2n) is 3.16. The van der Waals surface area contributed by atoms with E-state index >= 15 is 0 Å². The number of halogens is 1. The third-order valence-electron chi connectivity index (χ3n) is 2.16. The topological polar surface area (TPSA) is 55.8 Å². The van der Waals surface area contributed by atoms with Gasteiger partial charge in [-0.05, 0) is 27.6 Å². The lowest BCUT2D eigenvalue weighted by atomic mass is 10.1. The molecule has 0 fully saturated rings. The van der Waals surface area contributed by atoms with E-state index in [1.807, 2.05) is 0 Å². The molecule has 88 valence electrons. The molecular formula is C11H13BrO4. The molecule has 1 rings (SSSR count). The maximum absolute atomic E-state index is 11.0. The summed E-state index contributed by atoms with van der Waals surface area (Å²) < 4.78 is 10.2. The van der Waals surface area contributed by atoms with Crippen LogP contribution in [0.4, 0.5) is 0 Å². The average Bonchev–Trinajstić information content (AvgIpc) is 2.29. The maximum Gasteiger partial charge on any atom is 0.308 e. The summed E-state index contributed by atoms with van der Waals surface area (Å²) in [4.78, 5) is 11.0. The van der Waals surface area contributed by atoms with Crippen molar-refractivity contribution in [3.63, 3.8) is 0 Å². The Labute approximate surface area is 102 Å². The number of aliphatic hydroxyl groups is 1. The molecule has 4 nitrogen and oxygen atoms in total. The van der Waals surface area contributed by atoms with Crippen LogP contribution in [-0.2, 0) is 9.53 Å². The zero-order valence-electron chi connectivity index (χ0n) is 9.07. The number of esters is 1. The summed E-state index contributed by atoms with van der Waals surface area (Å²) >= 11 is 3.32. The van der Waals surface area contributed by atoms with Crippen LogP contribution in [0.15, 0.2) is 22.7 Å². The number of benzene rings is 1. The number of aliphatic hydroxyl groups excluding tert-OH is 1. The van der Waals surface area contributed by atoms with Crippen LogP contribution in [0.25, 0.3) is 0 Å². The molecule has 1 aromatic carbocycles. The highest BCUT2D eigenvalue weighted by molar-refractivity contribution is 9.10. The van der Waals surface area contributed by atoms with E-state index in [1.54, 1.807) is 18.2 Å². The fraction of sp³-hybridized carbons (Fsp3) is 0.364. The van der Waals surface area contributed by atoms with Crippen molar-refractivity contribution in [1.29, 1.82) is 0 Å². The summed E-state index contributed by atoms with van der Waals surface area (Å²) in [6.45, 7) is 0. The van der Waals surface area contributed by atoms with Crippen molar-refractivity contribution in [3.05, 3.63) is 28.2 Å². The minimum absolute atomic E-state index is 0.0811. The van der Waals surface area contributed by atoms with E-state index in [0.29, 0.717) is 15.8 Å². The zero-order valence-corrected chi connectivity index (χ0v) is 10.7. The van der Waals surface area contributed by atoms with Gasteiger partial charge in [0, 0.05) is 0 Å². The van der Waals surface area contributed by atoms with E-state index in [0.717, 1.165) is 0 Å². The van der Waals surface area contributed by atoms with Gasteiger partial charge in [-0.2, -0.15) is 0 Å². The average molecular weight is 289 g/mol. The number of ether oxygens (including phenoxy) is 2. The lowest BCUT2D eigenvalue weighted by molar-refractivity contribution is -0.142. The van der Waals surface area contributed by atoms with Gasteiger partial charge in [0.1, 0.15) is 5.75 Å². The van der Waals surface area contributed by atoms with Crippen molar-refractivity contribution in [1.82, 2.24) is 0 Å². The smallest absolute Gasteiger partial charge is 0.308 e. The Morgan fingerprint density at radius 2 is 2.19 bits per heavy atom. The highest BCUT2D eigenvalue weighted by Crippen LogP contribution is 2.33. The molecule has 5 heteroatoms. The van der Waals surface area contributed by atoms with Crippen LogP contribution in [0.1, 0.15) is 18.1 Å². The zero-order chi connectivity index (χ0) is 12.1. The Hall–Kier alpha value is -1.07. The first kappa shape index (κ1) is 13.0. The Balaban J connectivity index is 2.91. The number of hydrogen-bond donors (Lipinski definition) is 1. The molecule has 0 bridgehead atoms. The van der Waals surface area contributed by atoms with Crippen LogP contribution in [0, 0.1) is 0 Å². The predicted molar refractivity (Wildman–Crippen MR) is 62.3 cm³/mol. The van der Waals surface area contributed by atoms with Gasteiger partial charge < -0.3 is 14.6 Å². The van der Waals surface area contributed by atoms with Crippen molar-refractivity contribution >= 4 is 21.9 Å². The van der Waals surface area contributed by atoms with Crippen LogP contribution >= 0.6 is 15.9 Å². The molecule has 0 saturated heterocycles. The van der Waals surface area contributed by atoms with Crippen molar-refractivity contribution < 1.29 is 19.4 Å². The van der Waals surface area contributed by atoms with Crippen molar-refractivity contribution in [2.75, 3.05) is 14.2 Å². The predicted octanol–water partition coefficient (Wildman–Crippen LogP) is 2.05. The van der Waals surface area contributed by atoms with Gasteiger partial charge in [0.2, 0.25) is 0 Å². The fourth-order valence-electron chi connectivity index (χ4n) is 1.29. The molecule has 1 N–H and O–H groups in total. The Morgan fingerprint density at radius 3 is 2.75 bits per heavy atom. The van der Waals surface area contributed by atoms with E-state index in [9.17, 15) is 9.90 Å². The van der Waals surface area contributed by atoms with Gasteiger partial charge in [-0.25, -0.2) is 0 Å². The SMILES string of the molecule is COC(=O)CC(O)c1cccc(OC)c1Br. The van der Waals surface area contributed by atoms with Crippen LogP contribution in [-0.4, -0.2) is 25.3 Å². The first-order valence-corrected chi connectivity index (χ1v) is 5.46. The summed E-state index contributed by atoms with van der Waals surface area (Å²) in [6.07, 6.45) is -0.987. The second-order valence-corrected chi connectivity index (χ2v) is 3.95. The molecule has 0 spiro atoms. The Kier molecular flexibility index (Phi) is 4.76. The van der Waals surface area contributed by atoms with Crippen LogP contribution in [0.2, 0.25) is 0 Å². The van der Waals surface area contributed by atoms with Gasteiger partial charge in [0.15, 0.2) is 0 Å². The number of carbonyl (C=O) groups is 1. The highest BCUT2D eigenvalue weighted by atomic mass is 79.9. The third kappa shape index (κ3) is 2.96. The molecule has 0 aliphatic heterocycles. The molecule has 0 heterocycles. The largest absolute Gasteiger partial charge is 0.496 e. The third-order valence-corrected chi connectivity index (χ3v) is 3.01. The summed E-state index contributed by atoms with van der Waals surface area (Å²) in [7, 11) is 2.83. The number of rotatable bonds is 4. The molecule has 0 amide bonds. The van der Waals surface area contributed by atoms with Crippen molar-refractivity contribution in [2.24, 2.45) is 0 Å². The van der Waals surface area contributed by atoms with Gasteiger partial charge in [0.25, 0.3) is 0 Å². The maximum atomic E-state index is 11.0. The second kappa shape index (κ2) is 5.86. The Morgan fingerprint density at radius 1 is 1.50 bits per heavy atom. The minimum atomic E-state index is -0.906. The van der Waals surface area contributed by atoms with E-state index in [4.69, 9.17) is 4.74 Å². The molecule has 1 unspecified atom stereocenters. The van der Waals surface area contributed by atoms with Crippen molar-refractivity contribution in [2.45, 2.75) is 12.5 Å². The van der Waals surface area contributed by atoms with E-state index in [1.165, 1.54) is 14.2 Å². The first-order valence-electron chi connectivity index (χ1n) is 4.67. The highest BCUT2D eigenvalue weighted by Gasteiger charge is 2.17. The lowest BCUT2D eigenvalue weighted by Gasteiger charge is -2.13. The molecule has 16 heavy (non-hydrogen) atoms. The molecule has 1 aromatic rings. The van der Waals surface area contributed by atoms with E-state index in [2.05, 4.69) is 20.7 Å². The minimum Gasteiger partial charge on any atom is -0.496 e. The van der Waals surface area contributed by atoms with Gasteiger partial charge in [-0.3, -0.25) is 4.79 Å². The normalized spacial score (nSPS) is 12.0. The molecule has 0 radical (unpaired) electrons. The van der Waals surface area contributed by atoms with Crippen molar-refractivity contribution in [3.8, 4) is 5.75 Å². The molecule has 0 aliphatic carbocycles. The summed E-state index contributed by atoms with van der Waals surface area (Å²) in [5, 5.41) is 9.84. The summed E-state index contributed by atoms with van der Waals surface area (Å²) in [5.74, 6) is 0.156. The quantitative estimate of drug-likeness (QED) is 0.862. The van der Waals surface area contributed by atoms with E-state index in [-0.39, 0.29) is 6.42 Å². The standard InChI is InChI=1S/C11H13BrO4/c1-15-9-5-3-4-7(11(9)12)8(13)6-10(14)16-2/h3-5,8,13H,6H2,1-2H3. The van der Waals surface area contributed by atoms with Crippen LogP contribution in [0.5, 0.6) is 5.75 Å². The molecule has 1 atom stereocenters. The number of methoxy groups -OCH3 is 2. The lowest BCUT2D eigenvalue weighted by Crippen LogP contribution is -2.08. The molecule has 0 aliphatic rings. The fourth-order valence-corrected chi connectivity index (χ4v) is 1.98. The molecule has 0 aromatic heterocycles. The Bertz CT molecular complexity index is 378. The summed E-state index contributed by atoms with van der Waals surface area (Å²) in [5.41, 5.74) is 0.602. The molecular weight excluding hydrogens is 276 g/mol. The first-order chi connectivity index (χ1) is 7.60. The van der Waals surface area contributed by atoms with Gasteiger partial charge >= 0.3 is 5.97 Å². The summed E-state index contributed by atoms with van der Waals surface area (Å²) in [6, 6.07) is 5.23. The van der Waals surface area contributed by atoms with E-state index < -0.39 is 12.1 Å². The van der Waals surface area contributed by atoms with Crippen LogP contribution in [0.3, 0.4) is 0 Å². The number of hydrogen-bond acceptors (Lipinski definition) is 4. The molecule has 0 saturated carbocycles. The monoisotopic (exact) mass is 288 g/mol. The van der Waals surface area contributed by atoms with Gasteiger partial charge in [-0.1, -0.05) is 12.1 Å². The van der Waals surface area contributed by atoms with Crippen LogP contribution < -0.4 is 4.74 Å². The van der Waals surface area contributed by atoms with Gasteiger partial charge in [-0.15, -0.1) is 0 Å². The number of carbonyl (C=O) groups excluding carboxylic acids is 1.